The maximum Gasteiger partial charge on any atom is 0.251 e. The molecular formula is C12H16N2O2. The Labute approximate surface area is 94.8 Å². The summed E-state index contributed by atoms with van der Waals surface area (Å²) in [6, 6.07) is 7.08. The smallest absolute Gasteiger partial charge is 0.251 e. The number of hydrogen-bond donors (Lipinski definition) is 2. The molecule has 4 heteroatoms. The second-order valence-corrected chi connectivity index (χ2v) is 4.07. The molecule has 16 heavy (non-hydrogen) atoms. The van der Waals surface area contributed by atoms with E-state index in [-0.39, 0.29) is 18.1 Å². The van der Waals surface area contributed by atoms with Gasteiger partial charge in [0, 0.05) is 17.9 Å². The highest BCUT2D eigenvalue weighted by atomic mass is 16.5. The first-order chi connectivity index (χ1) is 7.66. The molecule has 1 aliphatic rings. The Morgan fingerprint density at radius 2 is 2.38 bits per heavy atom. The van der Waals surface area contributed by atoms with Crippen LogP contribution in [0.2, 0.25) is 0 Å². The number of amides is 1. The van der Waals surface area contributed by atoms with Gasteiger partial charge in [-0.05, 0) is 31.5 Å². The second-order valence-electron chi connectivity index (χ2n) is 4.07. The van der Waals surface area contributed by atoms with Crippen LogP contribution in [0.25, 0.3) is 0 Å². The number of hydrogen-bond acceptors (Lipinski definition) is 3. The number of benzene rings is 1. The number of carbonyl (C=O) groups excluding carboxylic acids is 1. The summed E-state index contributed by atoms with van der Waals surface area (Å²) in [5.74, 6) is -0.0883. The van der Waals surface area contributed by atoms with Crippen LogP contribution >= 0.6 is 0 Å². The normalized spacial score (nSPS) is 24.3. The van der Waals surface area contributed by atoms with Gasteiger partial charge in [-0.3, -0.25) is 4.79 Å². The van der Waals surface area contributed by atoms with Crippen LogP contribution in [-0.4, -0.2) is 24.7 Å². The summed E-state index contributed by atoms with van der Waals surface area (Å²) < 4.78 is 5.39. The number of anilines is 1. The number of nitrogen functional groups attached to an aromatic ring is 1. The number of nitrogens with one attached hydrogen (secondary N) is 1. The van der Waals surface area contributed by atoms with Crippen molar-refractivity contribution in [2.75, 3.05) is 12.3 Å². The molecule has 1 saturated heterocycles. The van der Waals surface area contributed by atoms with Crippen LogP contribution in [0.15, 0.2) is 24.3 Å². The molecular weight excluding hydrogens is 204 g/mol. The van der Waals surface area contributed by atoms with E-state index in [1.54, 1.807) is 24.3 Å². The van der Waals surface area contributed by atoms with Crippen LogP contribution in [-0.2, 0) is 4.74 Å². The minimum Gasteiger partial charge on any atom is -0.399 e. The van der Waals surface area contributed by atoms with Crippen LogP contribution in [0.5, 0.6) is 0 Å². The average molecular weight is 220 g/mol. The molecule has 2 atom stereocenters. The minimum atomic E-state index is -0.0883. The standard InChI is InChI=1S/C12H16N2O2/c1-8-11(5-6-16-8)14-12(15)9-3-2-4-10(13)7-9/h2-4,7-8,11H,5-6,13H2,1H3,(H,14,15). The largest absolute Gasteiger partial charge is 0.399 e. The Bertz CT molecular complexity index is 392. The van der Waals surface area contributed by atoms with Gasteiger partial charge in [0.25, 0.3) is 5.91 Å². The second kappa shape index (κ2) is 4.53. The van der Waals surface area contributed by atoms with E-state index in [0.29, 0.717) is 17.9 Å². The number of rotatable bonds is 2. The van der Waals surface area contributed by atoms with Crippen LogP contribution in [0.3, 0.4) is 0 Å². The third-order valence-electron chi connectivity index (χ3n) is 2.84. The molecule has 1 amide bonds. The van der Waals surface area contributed by atoms with E-state index in [2.05, 4.69) is 5.32 Å². The lowest BCUT2D eigenvalue weighted by molar-refractivity contribution is 0.0866. The van der Waals surface area contributed by atoms with E-state index in [0.717, 1.165) is 6.42 Å². The SMILES string of the molecule is CC1OCCC1NC(=O)c1cccc(N)c1. The quantitative estimate of drug-likeness (QED) is 0.735. The molecule has 0 saturated carbocycles. The Hall–Kier alpha value is -1.55. The molecule has 0 spiro atoms. The third kappa shape index (κ3) is 2.33. The highest BCUT2D eigenvalue weighted by Crippen LogP contribution is 2.14. The van der Waals surface area contributed by atoms with E-state index in [1.807, 2.05) is 6.92 Å². The summed E-state index contributed by atoms with van der Waals surface area (Å²) in [5.41, 5.74) is 6.82. The van der Waals surface area contributed by atoms with Gasteiger partial charge in [-0.2, -0.15) is 0 Å². The number of nitrogens with two attached hydrogens (primary N) is 1. The minimum absolute atomic E-state index is 0.0880. The molecule has 2 unspecified atom stereocenters. The molecule has 1 aromatic rings. The molecule has 0 bridgehead atoms. The van der Waals surface area contributed by atoms with Gasteiger partial charge in [-0.25, -0.2) is 0 Å². The number of carbonyl (C=O) groups is 1. The molecule has 2 rings (SSSR count). The highest BCUT2D eigenvalue weighted by molar-refractivity contribution is 5.95. The maximum atomic E-state index is 11.9. The summed E-state index contributed by atoms with van der Waals surface area (Å²) in [4.78, 5) is 11.9. The van der Waals surface area contributed by atoms with Crippen molar-refractivity contribution >= 4 is 11.6 Å². The van der Waals surface area contributed by atoms with Crippen LogP contribution < -0.4 is 11.1 Å². The molecule has 1 heterocycles. The fourth-order valence-electron chi connectivity index (χ4n) is 1.85. The Morgan fingerprint density at radius 1 is 1.56 bits per heavy atom. The fraction of sp³-hybridized carbons (Fsp3) is 0.417. The summed E-state index contributed by atoms with van der Waals surface area (Å²) >= 11 is 0. The molecule has 4 nitrogen and oxygen atoms in total. The summed E-state index contributed by atoms with van der Waals surface area (Å²) in [6.07, 6.45) is 0.958. The Balaban J connectivity index is 2.03. The zero-order chi connectivity index (χ0) is 11.5. The van der Waals surface area contributed by atoms with Crippen molar-refractivity contribution in [3.05, 3.63) is 29.8 Å². The van der Waals surface area contributed by atoms with Gasteiger partial charge in [0.1, 0.15) is 0 Å². The zero-order valence-electron chi connectivity index (χ0n) is 9.27. The summed E-state index contributed by atoms with van der Waals surface area (Å²) in [6.45, 7) is 2.68. The first-order valence-electron chi connectivity index (χ1n) is 5.45. The topological polar surface area (TPSA) is 64.3 Å². The molecule has 0 aliphatic carbocycles. The van der Waals surface area contributed by atoms with Gasteiger partial charge in [0.2, 0.25) is 0 Å². The summed E-state index contributed by atoms with van der Waals surface area (Å²) in [7, 11) is 0. The Morgan fingerprint density at radius 3 is 3.00 bits per heavy atom. The summed E-state index contributed by atoms with van der Waals surface area (Å²) in [5, 5.41) is 2.95. The van der Waals surface area contributed by atoms with Crippen LogP contribution in [0.1, 0.15) is 23.7 Å². The van der Waals surface area contributed by atoms with E-state index in [4.69, 9.17) is 10.5 Å². The van der Waals surface area contributed by atoms with Gasteiger partial charge in [-0.15, -0.1) is 0 Å². The van der Waals surface area contributed by atoms with Crippen molar-refractivity contribution in [2.45, 2.75) is 25.5 Å². The lowest BCUT2D eigenvalue weighted by atomic mass is 10.1. The molecule has 1 aromatic carbocycles. The van der Waals surface area contributed by atoms with Gasteiger partial charge in [0.05, 0.1) is 12.1 Å². The predicted molar refractivity (Wildman–Crippen MR) is 62.1 cm³/mol. The van der Waals surface area contributed by atoms with Crippen LogP contribution in [0, 0.1) is 0 Å². The van der Waals surface area contributed by atoms with Crippen molar-refractivity contribution in [1.29, 1.82) is 0 Å². The Kier molecular flexibility index (Phi) is 3.10. The molecule has 0 aromatic heterocycles. The van der Waals surface area contributed by atoms with E-state index in [9.17, 15) is 4.79 Å². The first kappa shape index (κ1) is 11.0. The fourth-order valence-corrected chi connectivity index (χ4v) is 1.85. The van der Waals surface area contributed by atoms with E-state index >= 15 is 0 Å². The first-order valence-corrected chi connectivity index (χ1v) is 5.45. The van der Waals surface area contributed by atoms with Gasteiger partial charge in [-0.1, -0.05) is 6.07 Å². The van der Waals surface area contributed by atoms with Crippen molar-refractivity contribution < 1.29 is 9.53 Å². The number of ether oxygens (including phenoxy) is 1. The molecule has 1 fully saturated rings. The maximum absolute atomic E-state index is 11.9. The van der Waals surface area contributed by atoms with Crippen LogP contribution in [0.4, 0.5) is 5.69 Å². The lowest BCUT2D eigenvalue weighted by Crippen LogP contribution is -2.39. The van der Waals surface area contributed by atoms with Gasteiger partial charge < -0.3 is 15.8 Å². The predicted octanol–water partition coefficient (Wildman–Crippen LogP) is 1.18. The lowest BCUT2D eigenvalue weighted by Gasteiger charge is -2.16. The van der Waals surface area contributed by atoms with Gasteiger partial charge >= 0.3 is 0 Å². The molecule has 86 valence electrons. The van der Waals surface area contributed by atoms with Crippen molar-refractivity contribution in [3.8, 4) is 0 Å². The third-order valence-corrected chi connectivity index (χ3v) is 2.84. The van der Waals surface area contributed by atoms with Gasteiger partial charge in [0.15, 0.2) is 0 Å². The molecule has 3 N–H and O–H groups in total. The van der Waals surface area contributed by atoms with Crippen molar-refractivity contribution in [3.63, 3.8) is 0 Å². The average Bonchev–Trinajstić information content (AvgIpc) is 2.64. The van der Waals surface area contributed by atoms with Crippen molar-refractivity contribution in [2.24, 2.45) is 0 Å². The molecule has 1 aliphatic heterocycles. The monoisotopic (exact) mass is 220 g/mol. The zero-order valence-corrected chi connectivity index (χ0v) is 9.27. The van der Waals surface area contributed by atoms with E-state index in [1.165, 1.54) is 0 Å². The molecule has 0 radical (unpaired) electrons. The highest BCUT2D eigenvalue weighted by Gasteiger charge is 2.25. The van der Waals surface area contributed by atoms with Crippen molar-refractivity contribution in [1.82, 2.24) is 5.32 Å². The van der Waals surface area contributed by atoms with E-state index < -0.39 is 0 Å².